The van der Waals surface area contributed by atoms with Gasteiger partial charge in [-0.1, -0.05) is 103 Å². The molecule has 4 aromatic rings. The van der Waals surface area contributed by atoms with Crippen LogP contribution in [0.2, 0.25) is 0 Å². The van der Waals surface area contributed by atoms with E-state index >= 15 is 0 Å². The molecule has 6 rings (SSSR count). The number of fused-ring (bicyclic) bond motifs is 1. The highest BCUT2D eigenvalue weighted by molar-refractivity contribution is 5.94. The molecule has 0 radical (unpaired) electrons. The normalized spacial score (nSPS) is 18.8. The molecule has 0 aromatic heterocycles. The van der Waals surface area contributed by atoms with E-state index in [9.17, 15) is 29.4 Å². The van der Waals surface area contributed by atoms with Crippen LogP contribution in [0.1, 0.15) is 79.1 Å². The van der Waals surface area contributed by atoms with Crippen molar-refractivity contribution < 1.29 is 48.3 Å². The number of phenols is 1. The molecule has 4 N–H and O–H groups in total. The van der Waals surface area contributed by atoms with E-state index in [-0.39, 0.29) is 44.6 Å². The number of benzene rings is 4. The summed E-state index contributed by atoms with van der Waals surface area (Å²) in [6.07, 6.45) is 3.68. The highest BCUT2D eigenvalue weighted by atomic mass is 16.8. The minimum atomic E-state index is -1.37. The number of esters is 2. The van der Waals surface area contributed by atoms with Gasteiger partial charge in [0.1, 0.15) is 29.7 Å². The molecule has 1 fully saturated rings. The molecular formula is C48H52N2O10. The third-order valence-corrected chi connectivity index (χ3v) is 10.1. The molecule has 1 aliphatic heterocycles. The van der Waals surface area contributed by atoms with E-state index in [1.54, 1.807) is 63.2 Å². The Labute approximate surface area is 350 Å². The van der Waals surface area contributed by atoms with Crippen LogP contribution in [0.4, 0.5) is 0 Å². The van der Waals surface area contributed by atoms with Crippen LogP contribution in [0, 0.1) is 0 Å². The SMILES string of the molecule is CC(C)(C)OC(=O)CCC(CO)NC(=O)CCNC(=O)C1=CC2OC(c3ccccc3)(c3ccccc3)OC2C(OC(=O)c2ccc(C=CCc3ccccc3O)cc2)C1. The zero-order valence-corrected chi connectivity index (χ0v) is 34.0. The largest absolute Gasteiger partial charge is 0.508 e. The molecule has 1 aliphatic carbocycles. The number of allylic oxidation sites excluding steroid dienone is 1. The number of phenolic OH excluding ortho intramolecular Hbond substituents is 1. The van der Waals surface area contributed by atoms with Crippen molar-refractivity contribution in [1.29, 1.82) is 0 Å². The molecule has 1 saturated heterocycles. The van der Waals surface area contributed by atoms with Crippen LogP contribution in [-0.2, 0) is 45.5 Å². The lowest BCUT2D eigenvalue weighted by atomic mass is 9.91. The predicted octanol–water partition coefficient (Wildman–Crippen LogP) is 6.29. The Morgan fingerprint density at radius 1 is 0.867 bits per heavy atom. The number of hydrogen-bond donors (Lipinski definition) is 4. The molecule has 2 aliphatic rings. The maximum absolute atomic E-state index is 13.8. The van der Waals surface area contributed by atoms with Gasteiger partial charge in [0.05, 0.1) is 18.2 Å². The molecule has 1 heterocycles. The fourth-order valence-electron chi connectivity index (χ4n) is 7.13. The number of ether oxygens (including phenoxy) is 4. The van der Waals surface area contributed by atoms with E-state index in [1.165, 1.54) is 0 Å². The van der Waals surface area contributed by atoms with Crippen molar-refractivity contribution in [2.24, 2.45) is 0 Å². The number of amides is 2. The van der Waals surface area contributed by atoms with Crippen molar-refractivity contribution in [2.45, 2.75) is 88.6 Å². The van der Waals surface area contributed by atoms with Crippen LogP contribution < -0.4 is 10.6 Å². The second-order valence-electron chi connectivity index (χ2n) is 15.8. The van der Waals surface area contributed by atoms with Crippen molar-refractivity contribution >= 4 is 29.8 Å². The summed E-state index contributed by atoms with van der Waals surface area (Å²) in [5, 5.41) is 25.4. The average Bonchev–Trinajstić information content (AvgIpc) is 3.65. The number of aliphatic hydroxyl groups excluding tert-OH is 1. The Bertz CT molecular complexity index is 2120. The Morgan fingerprint density at radius 2 is 1.52 bits per heavy atom. The van der Waals surface area contributed by atoms with Gasteiger partial charge < -0.3 is 39.8 Å². The Kier molecular flexibility index (Phi) is 14.3. The quantitative estimate of drug-likeness (QED) is 0.0943. The van der Waals surface area contributed by atoms with Crippen molar-refractivity contribution in [3.8, 4) is 5.75 Å². The Hall–Kier alpha value is -6.08. The second kappa shape index (κ2) is 19.8. The molecule has 0 spiro atoms. The maximum Gasteiger partial charge on any atom is 0.338 e. The summed E-state index contributed by atoms with van der Waals surface area (Å²) < 4.78 is 25.1. The van der Waals surface area contributed by atoms with E-state index < -0.39 is 59.5 Å². The second-order valence-corrected chi connectivity index (χ2v) is 15.8. The number of hydrogen-bond acceptors (Lipinski definition) is 10. The van der Waals surface area contributed by atoms with Gasteiger partial charge in [-0.15, -0.1) is 0 Å². The van der Waals surface area contributed by atoms with E-state index in [0.717, 1.165) is 22.3 Å². The van der Waals surface area contributed by atoms with E-state index in [1.807, 2.05) is 84.9 Å². The van der Waals surface area contributed by atoms with E-state index in [0.29, 0.717) is 17.6 Å². The lowest BCUT2D eigenvalue weighted by molar-refractivity contribution is -0.157. The van der Waals surface area contributed by atoms with E-state index in [2.05, 4.69) is 10.6 Å². The molecule has 314 valence electrons. The number of rotatable bonds is 16. The number of nitrogens with one attached hydrogen (secondary N) is 2. The monoisotopic (exact) mass is 816 g/mol. The highest BCUT2D eigenvalue weighted by Gasteiger charge is 2.55. The van der Waals surface area contributed by atoms with Crippen molar-refractivity contribution in [2.75, 3.05) is 13.2 Å². The third kappa shape index (κ3) is 11.3. The van der Waals surface area contributed by atoms with Crippen molar-refractivity contribution in [1.82, 2.24) is 10.6 Å². The fraction of sp³-hybridized carbons (Fsp3) is 0.333. The molecular weight excluding hydrogens is 765 g/mol. The highest BCUT2D eigenvalue weighted by Crippen LogP contribution is 2.47. The summed E-state index contributed by atoms with van der Waals surface area (Å²) >= 11 is 0. The summed E-state index contributed by atoms with van der Waals surface area (Å²) in [5.74, 6) is -3.06. The van der Waals surface area contributed by atoms with Crippen LogP contribution in [0.3, 0.4) is 0 Å². The maximum atomic E-state index is 13.8. The number of para-hydroxylation sites is 1. The zero-order valence-electron chi connectivity index (χ0n) is 34.0. The first-order valence-electron chi connectivity index (χ1n) is 20.2. The van der Waals surface area contributed by atoms with Crippen molar-refractivity contribution in [3.05, 3.63) is 155 Å². The summed E-state index contributed by atoms with van der Waals surface area (Å²) in [6, 6.07) is 32.3. The van der Waals surface area contributed by atoms with Gasteiger partial charge in [-0.2, -0.15) is 0 Å². The lowest BCUT2D eigenvalue weighted by Gasteiger charge is -2.31. The van der Waals surface area contributed by atoms with Gasteiger partial charge in [0.25, 0.3) is 0 Å². The van der Waals surface area contributed by atoms with Gasteiger partial charge in [0, 0.05) is 42.5 Å². The smallest absolute Gasteiger partial charge is 0.338 e. The minimum absolute atomic E-state index is 0.0123. The summed E-state index contributed by atoms with van der Waals surface area (Å²) in [5.41, 5.74) is 3.05. The number of aliphatic hydroxyl groups is 1. The summed E-state index contributed by atoms with van der Waals surface area (Å²) in [7, 11) is 0. The predicted molar refractivity (Wildman–Crippen MR) is 224 cm³/mol. The molecule has 12 nitrogen and oxygen atoms in total. The molecule has 4 unspecified atom stereocenters. The molecule has 4 aromatic carbocycles. The van der Waals surface area contributed by atoms with Crippen molar-refractivity contribution in [3.63, 3.8) is 0 Å². The molecule has 0 saturated carbocycles. The van der Waals surface area contributed by atoms with Gasteiger partial charge in [-0.3, -0.25) is 14.4 Å². The first-order valence-corrected chi connectivity index (χ1v) is 20.2. The number of aromatic hydroxyl groups is 1. The minimum Gasteiger partial charge on any atom is -0.508 e. The molecule has 60 heavy (non-hydrogen) atoms. The third-order valence-electron chi connectivity index (χ3n) is 10.1. The molecule has 12 heteroatoms. The van der Waals surface area contributed by atoms with Gasteiger partial charge in [0.2, 0.25) is 17.6 Å². The lowest BCUT2D eigenvalue weighted by Crippen LogP contribution is -2.44. The van der Waals surface area contributed by atoms with E-state index in [4.69, 9.17) is 18.9 Å². The van der Waals surface area contributed by atoms with Crippen LogP contribution in [0.15, 0.2) is 127 Å². The average molecular weight is 817 g/mol. The van der Waals surface area contributed by atoms with Gasteiger partial charge >= 0.3 is 11.9 Å². The number of carbonyl (C=O) groups is 4. The molecule has 4 atom stereocenters. The summed E-state index contributed by atoms with van der Waals surface area (Å²) in [4.78, 5) is 52.4. The standard InChI is InChI=1S/C48H52N2O10/c1-47(2,3)59-43(54)26-25-38(31-51)50-42(53)27-28-49-45(55)35-29-40(57-46(56)34-23-21-32(22-24-34)13-12-15-33-14-10-11-20-39(33)52)44-41(30-35)58-48(60-44,36-16-6-4-7-17-36)37-18-8-5-9-19-37/h4-14,16-24,30,38,40-41,44,51-52H,15,25-29,31H2,1-3H3,(H,49,55)(H,50,53). The molecule has 0 bridgehead atoms. The van der Waals surface area contributed by atoms with Crippen LogP contribution in [0.25, 0.3) is 6.08 Å². The zero-order chi connectivity index (χ0) is 42.7. The Balaban J connectivity index is 1.15. The van der Waals surface area contributed by atoms with Crippen LogP contribution in [0.5, 0.6) is 5.75 Å². The Morgan fingerprint density at radius 3 is 2.15 bits per heavy atom. The van der Waals surface area contributed by atoms with Gasteiger partial charge in [-0.05, 0) is 69.0 Å². The van der Waals surface area contributed by atoms with Crippen LogP contribution in [-0.4, -0.2) is 77.1 Å². The fourth-order valence-corrected chi connectivity index (χ4v) is 7.13. The first-order chi connectivity index (χ1) is 28.8. The van der Waals surface area contributed by atoms with Gasteiger partial charge in [-0.25, -0.2) is 4.79 Å². The molecule has 2 amide bonds. The number of carbonyl (C=O) groups excluding carboxylic acids is 4. The first kappa shape index (κ1) is 43.5. The van der Waals surface area contributed by atoms with Crippen LogP contribution >= 0.6 is 0 Å². The van der Waals surface area contributed by atoms with Gasteiger partial charge in [0.15, 0.2) is 0 Å². The topological polar surface area (TPSA) is 170 Å². The summed E-state index contributed by atoms with van der Waals surface area (Å²) in [6.45, 7) is 4.90.